The van der Waals surface area contributed by atoms with Gasteiger partial charge >= 0.3 is 0 Å². The topological polar surface area (TPSA) is 63.7 Å². The van der Waals surface area contributed by atoms with Crippen LogP contribution in [0.1, 0.15) is 13.3 Å². The third-order valence-corrected chi connectivity index (χ3v) is 4.88. The van der Waals surface area contributed by atoms with Crippen LogP contribution in [0.2, 0.25) is 0 Å². The van der Waals surface area contributed by atoms with E-state index in [2.05, 4.69) is 0 Å². The molecule has 1 aromatic rings. The van der Waals surface area contributed by atoms with Gasteiger partial charge in [-0.2, -0.15) is 0 Å². The third kappa shape index (κ3) is 3.04. The second kappa shape index (κ2) is 5.57. The van der Waals surface area contributed by atoms with E-state index in [0.717, 1.165) is 11.0 Å². The number of nitrogens with zero attached hydrogens (tertiary/aromatic N) is 1. The second-order valence-corrected chi connectivity index (χ2v) is 7.26. The fraction of sp³-hybridized carbons (Fsp3) is 0.417. The Morgan fingerprint density at radius 3 is 2.70 bits per heavy atom. The van der Waals surface area contributed by atoms with E-state index in [-0.39, 0.29) is 18.7 Å². The van der Waals surface area contributed by atoms with E-state index in [0.29, 0.717) is 12.4 Å². The number of hydrogen-bond donors (Lipinski definition) is 0. The summed E-state index contributed by atoms with van der Waals surface area (Å²) in [6.07, 6.45) is -0.238. The number of amides is 1. The Hall–Kier alpha value is -1.34. The van der Waals surface area contributed by atoms with Gasteiger partial charge < -0.3 is 9.64 Å². The first kappa shape index (κ1) is 15.1. The van der Waals surface area contributed by atoms with Crippen molar-refractivity contribution in [2.75, 3.05) is 18.1 Å². The number of benzene rings is 1. The molecule has 1 aromatic carbocycles. The number of hydrogen-bond acceptors (Lipinski definition) is 4. The molecule has 0 N–H and O–H groups in total. The van der Waals surface area contributed by atoms with Crippen molar-refractivity contribution in [2.45, 2.75) is 18.6 Å². The molecule has 0 spiro atoms. The van der Waals surface area contributed by atoms with Gasteiger partial charge in [0, 0.05) is 29.7 Å². The number of carbonyl (C=O) groups is 1. The maximum Gasteiger partial charge on any atom is 0.237 e. The highest BCUT2D eigenvalue weighted by Crippen LogP contribution is 2.30. The molecule has 0 aromatic heterocycles. The van der Waals surface area contributed by atoms with Crippen LogP contribution in [-0.2, 0) is 13.8 Å². The van der Waals surface area contributed by atoms with E-state index >= 15 is 0 Å². The standard InChI is InChI=1S/C12H13ClFNO4S/c1-2-19-8-3-4-11(10(14)5-8)15-7-9(6-12(15)16)20(13,17)18/h3-5,9H,2,6-7H2,1H3. The molecule has 20 heavy (non-hydrogen) atoms. The molecule has 8 heteroatoms. The average Bonchev–Trinajstić information content (AvgIpc) is 2.72. The number of ether oxygens (including phenoxy) is 1. The lowest BCUT2D eigenvalue weighted by Crippen LogP contribution is -2.27. The lowest BCUT2D eigenvalue weighted by Gasteiger charge is -2.17. The molecule has 1 fully saturated rings. The van der Waals surface area contributed by atoms with Crippen LogP contribution in [0, 0.1) is 5.82 Å². The van der Waals surface area contributed by atoms with Gasteiger partial charge in [-0.15, -0.1) is 0 Å². The summed E-state index contributed by atoms with van der Waals surface area (Å²) in [7, 11) is 1.40. The molecule has 0 bridgehead atoms. The lowest BCUT2D eigenvalue weighted by atomic mass is 10.2. The Labute approximate surface area is 120 Å². The first-order valence-electron chi connectivity index (χ1n) is 5.99. The quantitative estimate of drug-likeness (QED) is 0.795. The van der Waals surface area contributed by atoms with Crippen molar-refractivity contribution in [3.63, 3.8) is 0 Å². The van der Waals surface area contributed by atoms with Gasteiger partial charge in [0.25, 0.3) is 0 Å². The highest BCUT2D eigenvalue weighted by molar-refractivity contribution is 8.14. The molecule has 2 rings (SSSR count). The second-order valence-electron chi connectivity index (χ2n) is 4.35. The number of rotatable bonds is 4. The monoisotopic (exact) mass is 321 g/mol. The lowest BCUT2D eigenvalue weighted by molar-refractivity contribution is -0.117. The van der Waals surface area contributed by atoms with Crippen molar-refractivity contribution >= 4 is 31.3 Å². The Kier molecular flexibility index (Phi) is 4.19. The average molecular weight is 322 g/mol. The minimum Gasteiger partial charge on any atom is -0.494 e. The van der Waals surface area contributed by atoms with Crippen LogP contribution in [0.4, 0.5) is 10.1 Å². The van der Waals surface area contributed by atoms with E-state index in [9.17, 15) is 17.6 Å². The number of carbonyl (C=O) groups excluding carboxylic acids is 1. The van der Waals surface area contributed by atoms with Crippen molar-refractivity contribution in [2.24, 2.45) is 0 Å². The first-order chi connectivity index (χ1) is 9.32. The molecule has 1 unspecified atom stereocenters. The Morgan fingerprint density at radius 2 is 2.20 bits per heavy atom. The number of halogens is 2. The molecule has 1 amide bonds. The minimum absolute atomic E-state index is 0.0290. The van der Waals surface area contributed by atoms with Crippen molar-refractivity contribution < 1.29 is 22.3 Å². The summed E-state index contributed by atoms with van der Waals surface area (Å²) in [5.74, 6) is -0.763. The molecule has 0 saturated carbocycles. The summed E-state index contributed by atoms with van der Waals surface area (Å²) >= 11 is 0. The molecular formula is C12H13ClFNO4S. The molecular weight excluding hydrogens is 309 g/mol. The van der Waals surface area contributed by atoms with Crippen LogP contribution < -0.4 is 9.64 Å². The van der Waals surface area contributed by atoms with Gasteiger partial charge in [0.05, 0.1) is 12.3 Å². The summed E-state index contributed by atoms with van der Waals surface area (Å²) in [4.78, 5) is 12.9. The Balaban J connectivity index is 2.26. The van der Waals surface area contributed by atoms with E-state index in [1.54, 1.807) is 6.92 Å². The van der Waals surface area contributed by atoms with E-state index in [1.807, 2.05) is 0 Å². The van der Waals surface area contributed by atoms with Gasteiger partial charge in [0.15, 0.2) is 5.82 Å². The van der Waals surface area contributed by atoms with Gasteiger partial charge in [0.2, 0.25) is 15.0 Å². The van der Waals surface area contributed by atoms with E-state index in [1.165, 1.54) is 12.1 Å². The molecule has 1 saturated heterocycles. The van der Waals surface area contributed by atoms with Gasteiger partial charge in [-0.3, -0.25) is 4.79 Å². The molecule has 0 radical (unpaired) electrons. The van der Waals surface area contributed by atoms with Gasteiger partial charge in [-0.25, -0.2) is 12.8 Å². The molecule has 1 aliphatic rings. The Bertz CT molecular complexity index is 634. The normalized spacial score (nSPS) is 19.4. The molecule has 0 aliphatic carbocycles. The first-order valence-corrected chi connectivity index (χ1v) is 8.36. The predicted octanol–water partition coefficient (Wildman–Crippen LogP) is 1.90. The summed E-state index contributed by atoms with van der Waals surface area (Å²) in [5.41, 5.74) is 0.0290. The van der Waals surface area contributed by atoms with E-state index in [4.69, 9.17) is 15.4 Å². The van der Waals surface area contributed by atoms with Crippen molar-refractivity contribution in [3.8, 4) is 5.75 Å². The largest absolute Gasteiger partial charge is 0.494 e. The third-order valence-electron chi connectivity index (χ3n) is 3.01. The fourth-order valence-corrected chi connectivity index (χ4v) is 3.09. The number of anilines is 1. The van der Waals surface area contributed by atoms with Crippen LogP contribution in [0.5, 0.6) is 5.75 Å². The SMILES string of the molecule is CCOc1ccc(N2CC(S(=O)(=O)Cl)CC2=O)c(F)c1. The van der Waals surface area contributed by atoms with Gasteiger partial charge in [-0.05, 0) is 19.1 Å². The minimum atomic E-state index is -3.84. The summed E-state index contributed by atoms with van der Waals surface area (Å²) < 4.78 is 41.6. The molecule has 1 aliphatic heterocycles. The molecule has 1 heterocycles. The summed E-state index contributed by atoms with van der Waals surface area (Å²) in [6, 6.07) is 4.08. The predicted molar refractivity (Wildman–Crippen MR) is 73.1 cm³/mol. The maximum atomic E-state index is 14.0. The van der Waals surface area contributed by atoms with Crippen LogP contribution in [-0.4, -0.2) is 32.7 Å². The van der Waals surface area contributed by atoms with Gasteiger partial charge in [0.1, 0.15) is 11.0 Å². The highest BCUT2D eigenvalue weighted by Gasteiger charge is 2.38. The Morgan fingerprint density at radius 1 is 1.50 bits per heavy atom. The smallest absolute Gasteiger partial charge is 0.237 e. The summed E-state index contributed by atoms with van der Waals surface area (Å²) in [6.45, 7) is 2.02. The van der Waals surface area contributed by atoms with Crippen LogP contribution in [0.3, 0.4) is 0 Å². The van der Waals surface area contributed by atoms with Crippen molar-refractivity contribution in [1.82, 2.24) is 0 Å². The zero-order valence-electron chi connectivity index (χ0n) is 10.7. The van der Waals surface area contributed by atoms with Crippen LogP contribution in [0.15, 0.2) is 18.2 Å². The molecule has 5 nitrogen and oxygen atoms in total. The zero-order valence-corrected chi connectivity index (χ0v) is 12.2. The maximum absolute atomic E-state index is 14.0. The van der Waals surface area contributed by atoms with E-state index < -0.39 is 26.0 Å². The van der Waals surface area contributed by atoms with Gasteiger partial charge in [-0.1, -0.05) is 0 Å². The van der Waals surface area contributed by atoms with Crippen molar-refractivity contribution in [1.29, 1.82) is 0 Å². The van der Waals surface area contributed by atoms with Crippen molar-refractivity contribution in [3.05, 3.63) is 24.0 Å². The molecule has 1 atom stereocenters. The highest BCUT2D eigenvalue weighted by atomic mass is 35.7. The van der Waals surface area contributed by atoms with Crippen LogP contribution in [0.25, 0.3) is 0 Å². The molecule has 110 valence electrons. The fourth-order valence-electron chi connectivity index (χ4n) is 2.06. The summed E-state index contributed by atoms with van der Waals surface area (Å²) in [5, 5.41) is -1.01. The zero-order chi connectivity index (χ0) is 14.9. The van der Waals surface area contributed by atoms with Crippen LogP contribution >= 0.6 is 10.7 Å².